The number of hydrogen-bond donors (Lipinski definition) is 0. The topological polar surface area (TPSA) is 47.8 Å². The second kappa shape index (κ2) is 10.7. The first kappa shape index (κ1) is 17.8. The van der Waals surface area contributed by atoms with Crippen LogP contribution in [0.2, 0.25) is 0 Å². The molecule has 0 atom stereocenters. The molecule has 1 aromatic heterocycles. The molecule has 1 heterocycles. The molecule has 0 spiro atoms. The lowest BCUT2D eigenvalue weighted by Crippen LogP contribution is -1.99. The van der Waals surface area contributed by atoms with E-state index in [0.717, 1.165) is 37.9 Å². The van der Waals surface area contributed by atoms with Gasteiger partial charge in [0, 0.05) is 19.2 Å². The van der Waals surface area contributed by atoms with Gasteiger partial charge in [0.05, 0.1) is 5.69 Å². The molecule has 110 valence electrons. The van der Waals surface area contributed by atoms with E-state index in [0.29, 0.717) is 12.3 Å². The summed E-state index contributed by atoms with van der Waals surface area (Å²) in [5.41, 5.74) is 1.07. The Hall–Kier alpha value is -1.19. The quantitative estimate of drug-likeness (QED) is 0.675. The number of unbranched alkanes of at least 4 members (excludes halogenated alkanes) is 2. The van der Waals surface area contributed by atoms with Crippen LogP contribution < -0.4 is 0 Å². The number of nitrogens with zero attached hydrogens (tertiary/aromatic N) is 3. The fourth-order valence-corrected chi connectivity index (χ4v) is 1.78. The molecule has 1 aromatic rings. The molecule has 0 radical (unpaired) electrons. The fourth-order valence-electron chi connectivity index (χ4n) is 1.78. The van der Waals surface area contributed by atoms with Crippen molar-refractivity contribution in [2.45, 2.75) is 73.3 Å². The third-order valence-corrected chi connectivity index (χ3v) is 2.62. The highest BCUT2D eigenvalue weighted by Gasteiger charge is 2.03. The second-order valence-electron chi connectivity index (χ2n) is 5.08. The summed E-state index contributed by atoms with van der Waals surface area (Å²) < 4.78 is 1.91. The zero-order chi connectivity index (χ0) is 14.7. The summed E-state index contributed by atoms with van der Waals surface area (Å²) >= 11 is 0. The molecule has 0 saturated carbocycles. The van der Waals surface area contributed by atoms with Gasteiger partial charge in [0.1, 0.15) is 5.78 Å². The summed E-state index contributed by atoms with van der Waals surface area (Å²) in [5, 5.41) is 8.24. The predicted molar refractivity (Wildman–Crippen MR) is 79.1 cm³/mol. The maximum absolute atomic E-state index is 10.8. The first-order valence-electron chi connectivity index (χ1n) is 7.46. The van der Waals surface area contributed by atoms with E-state index in [1.807, 2.05) is 24.7 Å². The molecule has 0 aromatic carbocycles. The van der Waals surface area contributed by atoms with E-state index in [1.54, 1.807) is 6.92 Å². The molecule has 19 heavy (non-hydrogen) atoms. The average Bonchev–Trinajstić information content (AvgIpc) is 2.77. The van der Waals surface area contributed by atoms with Gasteiger partial charge in [-0.05, 0) is 32.1 Å². The number of rotatable bonds is 8. The third kappa shape index (κ3) is 9.40. The average molecular weight is 267 g/mol. The van der Waals surface area contributed by atoms with Crippen LogP contribution in [-0.4, -0.2) is 20.8 Å². The van der Waals surface area contributed by atoms with Crippen LogP contribution in [0.3, 0.4) is 0 Å². The molecule has 0 fully saturated rings. The Balaban J connectivity index is 0.00000154. The van der Waals surface area contributed by atoms with Crippen molar-refractivity contribution in [1.29, 1.82) is 0 Å². The number of carbonyl (C=O) groups is 1. The van der Waals surface area contributed by atoms with Crippen LogP contribution in [0.25, 0.3) is 0 Å². The molecular formula is C15H29N3O. The highest BCUT2D eigenvalue weighted by molar-refractivity contribution is 5.75. The molecule has 1 rings (SSSR count). The Labute approximate surface area is 117 Å². The van der Waals surface area contributed by atoms with E-state index in [2.05, 4.69) is 24.2 Å². The predicted octanol–water partition coefficient (Wildman–Crippen LogP) is 3.65. The van der Waals surface area contributed by atoms with Gasteiger partial charge in [0.2, 0.25) is 0 Å². The lowest BCUT2D eigenvalue weighted by Gasteiger charge is -2.00. The summed E-state index contributed by atoms with van der Waals surface area (Å²) in [4.78, 5) is 10.8. The van der Waals surface area contributed by atoms with Crippen LogP contribution in [0.15, 0.2) is 6.20 Å². The normalized spacial score (nSPS) is 10.2. The second-order valence-corrected chi connectivity index (χ2v) is 5.08. The molecular weight excluding hydrogens is 238 g/mol. The zero-order valence-corrected chi connectivity index (χ0v) is 13.1. The number of ketones is 1. The maximum Gasteiger partial charge on any atom is 0.129 e. The van der Waals surface area contributed by atoms with Crippen LogP contribution in [0.1, 0.15) is 66.0 Å². The van der Waals surface area contributed by atoms with Gasteiger partial charge in [-0.3, -0.25) is 4.68 Å². The molecule has 0 amide bonds. The summed E-state index contributed by atoms with van der Waals surface area (Å²) in [7, 11) is 0. The van der Waals surface area contributed by atoms with Crippen molar-refractivity contribution in [1.82, 2.24) is 15.0 Å². The number of Topliss-reactive ketones (excluding diaryl/α,β-unsaturated/α-hetero) is 1. The number of aryl methyl sites for hydroxylation is 1. The summed E-state index contributed by atoms with van der Waals surface area (Å²) in [6.07, 6.45) is 6.87. The van der Waals surface area contributed by atoms with Crippen molar-refractivity contribution in [3.8, 4) is 0 Å². The van der Waals surface area contributed by atoms with Gasteiger partial charge >= 0.3 is 0 Å². The highest BCUT2D eigenvalue weighted by Crippen LogP contribution is 2.06. The van der Waals surface area contributed by atoms with Crippen molar-refractivity contribution in [2.24, 2.45) is 5.92 Å². The van der Waals surface area contributed by atoms with Crippen molar-refractivity contribution in [2.75, 3.05) is 0 Å². The Morgan fingerprint density at radius 2 is 1.95 bits per heavy atom. The van der Waals surface area contributed by atoms with Gasteiger partial charge in [0.15, 0.2) is 0 Å². The summed E-state index contributed by atoms with van der Waals surface area (Å²) in [5.74, 6) is 0.903. The minimum Gasteiger partial charge on any atom is -0.300 e. The molecule has 4 heteroatoms. The number of carbonyl (C=O) groups excluding carboxylic acids is 1. The zero-order valence-electron chi connectivity index (χ0n) is 13.1. The van der Waals surface area contributed by atoms with Crippen molar-refractivity contribution < 1.29 is 4.79 Å². The number of aromatic nitrogens is 3. The molecule has 0 bridgehead atoms. The van der Waals surface area contributed by atoms with Crippen LogP contribution in [0.5, 0.6) is 0 Å². The van der Waals surface area contributed by atoms with Crippen LogP contribution in [0.4, 0.5) is 0 Å². The van der Waals surface area contributed by atoms with E-state index in [-0.39, 0.29) is 5.78 Å². The summed E-state index contributed by atoms with van der Waals surface area (Å²) in [6, 6.07) is 0. The first-order chi connectivity index (χ1) is 9.08. The lowest BCUT2D eigenvalue weighted by atomic mass is 10.1. The molecule has 0 aliphatic carbocycles. The minimum absolute atomic E-state index is 0.282. The minimum atomic E-state index is 0.282. The van der Waals surface area contributed by atoms with Gasteiger partial charge in [-0.2, -0.15) is 0 Å². The van der Waals surface area contributed by atoms with Gasteiger partial charge in [-0.25, -0.2) is 0 Å². The van der Waals surface area contributed by atoms with Gasteiger partial charge < -0.3 is 4.79 Å². The standard InChI is InChI=1S/C13H23N3O.C2H6/c1-11(2)9-13-10-16(15-14-13)8-6-4-5-7-12(3)17;1-2/h10-11H,4-9H2,1-3H3;1-2H3. The van der Waals surface area contributed by atoms with E-state index in [4.69, 9.17) is 0 Å². The smallest absolute Gasteiger partial charge is 0.129 e. The maximum atomic E-state index is 10.8. The first-order valence-corrected chi connectivity index (χ1v) is 7.46. The molecule has 0 aliphatic rings. The van der Waals surface area contributed by atoms with Gasteiger partial charge in [0.25, 0.3) is 0 Å². The Morgan fingerprint density at radius 3 is 2.53 bits per heavy atom. The lowest BCUT2D eigenvalue weighted by molar-refractivity contribution is -0.117. The van der Waals surface area contributed by atoms with Crippen LogP contribution in [0, 0.1) is 5.92 Å². The van der Waals surface area contributed by atoms with E-state index in [9.17, 15) is 4.79 Å². The molecule has 0 aliphatic heterocycles. The van der Waals surface area contributed by atoms with Crippen molar-refractivity contribution in [3.05, 3.63) is 11.9 Å². The molecule has 0 N–H and O–H groups in total. The fraction of sp³-hybridized carbons (Fsp3) is 0.800. The van der Waals surface area contributed by atoms with E-state index in [1.165, 1.54) is 0 Å². The largest absolute Gasteiger partial charge is 0.300 e. The van der Waals surface area contributed by atoms with Crippen molar-refractivity contribution >= 4 is 5.78 Å². The Morgan fingerprint density at radius 1 is 1.26 bits per heavy atom. The van der Waals surface area contributed by atoms with Crippen LogP contribution >= 0.6 is 0 Å². The highest BCUT2D eigenvalue weighted by atomic mass is 16.1. The summed E-state index contributed by atoms with van der Waals surface area (Å²) in [6.45, 7) is 10.9. The van der Waals surface area contributed by atoms with Gasteiger partial charge in [-0.15, -0.1) is 5.10 Å². The molecule has 0 saturated heterocycles. The monoisotopic (exact) mass is 267 g/mol. The van der Waals surface area contributed by atoms with Crippen LogP contribution in [-0.2, 0) is 17.8 Å². The molecule has 4 nitrogen and oxygen atoms in total. The SMILES string of the molecule is CC.CC(=O)CCCCCn1cc(CC(C)C)nn1. The van der Waals surface area contributed by atoms with E-state index >= 15 is 0 Å². The Bertz CT molecular complexity index is 345. The molecule has 0 unspecified atom stereocenters. The number of hydrogen-bond acceptors (Lipinski definition) is 3. The third-order valence-electron chi connectivity index (χ3n) is 2.62. The Kier molecular flexibility index (Phi) is 10.0. The van der Waals surface area contributed by atoms with E-state index < -0.39 is 0 Å². The van der Waals surface area contributed by atoms with Gasteiger partial charge in [-0.1, -0.05) is 39.3 Å². The van der Waals surface area contributed by atoms with Crippen molar-refractivity contribution in [3.63, 3.8) is 0 Å².